The zero-order valence-corrected chi connectivity index (χ0v) is 7.60. The van der Waals surface area contributed by atoms with Gasteiger partial charge in [-0.05, 0) is 19.4 Å². The second-order valence-corrected chi connectivity index (χ2v) is 2.71. The summed E-state index contributed by atoms with van der Waals surface area (Å²) in [6, 6.07) is 0.179. The largest absolute Gasteiger partial charge is 0.474 e. The Labute approximate surface area is 73.6 Å². The molecule has 2 atom stereocenters. The van der Waals surface area contributed by atoms with Crippen LogP contribution in [0.5, 0.6) is 0 Å². The first-order chi connectivity index (χ1) is 5.88. The van der Waals surface area contributed by atoms with Crippen molar-refractivity contribution in [3.05, 3.63) is 24.3 Å². The molecule has 0 bridgehead atoms. The Morgan fingerprint density at radius 1 is 1.50 bits per heavy atom. The van der Waals surface area contributed by atoms with Crippen LogP contribution < -0.4 is 0 Å². The van der Waals surface area contributed by atoms with Crippen LogP contribution in [0.25, 0.3) is 0 Å². The lowest BCUT2D eigenvalue weighted by molar-refractivity contribution is 0.265. The minimum Gasteiger partial charge on any atom is -0.474 e. The van der Waals surface area contributed by atoms with Gasteiger partial charge in [0.25, 0.3) is 0 Å². The maximum absolute atomic E-state index is 5.29. The third kappa shape index (κ3) is 2.22. The van der Waals surface area contributed by atoms with Gasteiger partial charge in [-0.25, -0.2) is 4.99 Å². The average Bonchev–Trinajstić information content (AvgIpc) is 2.50. The van der Waals surface area contributed by atoms with Crippen molar-refractivity contribution in [2.75, 3.05) is 0 Å². The van der Waals surface area contributed by atoms with Gasteiger partial charge in [0.2, 0.25) is 0 Å². The normalized spacial score (nSPS) is 28.8. The van der Waals surface area contributed by atoms with E-state index in [4.69, 9.17) is 4.74 Å². The molecule has 0 saturated carbocycles. The van der Waals surface area contributed by atoms with Crippen molar-refractivity contribution in [3.63, 3.8) is 0 Å². The van der Waals surface area contributed by atoms with Crippen LogP contribution in [-0.2, 0) is 4.74 Å². The van der Waals surface area contributed by atoms with E-state index in [9.17, 15) is 0 Å². The fourth-order valence-corrected chi connectivity index (χ4v) is 1.13. The highest BCUT2D eigenvalue weighted by Crippen LogP contribution is 2.12. The van der Waals surface area contributed by atoms with Gasteiger partial charge in [-0.3, -0.25) is 0 Å². The summed E-state index contributed by atoms with van der Waals surface area (Å²) in [5, 5.41) is 0. The Kier molecular flexibility index (Phi) is 3.58. The Bertz CT molecular complexity index is 206. The van der Waals surface area contributed by atoms with Gasteiger partial charge >= 0.3 is 0 Å². The summed E-state index contributed by atoms with van der Waals surface area (Å²) in [6.07, 6.45) is 10.9. The van der Waals surface area contributed by atoms with Gasteiger partial charge in [0.1, 0.15) is 12.1 Å². The molecule has 12 heavy (non-hydrogen) atoms. The average molecular weight is 165 g/mol. The molecule has 0 saturated heterocycles. The van der Waals surface area contributed by atoms with Gasteiger partial charge in [0, 0.05) is 0 Å². The number of aliphatic imine (C=N–C) groups is 1. The standard InChI is InChI=1S/C10H15NO/c1-3-5-7-10-9(6-4-2)11-8-12-10/h4-10H,3H2,1-2H3/b6-4-,7-5-. The highest BCUT2D eigenvalue weighted by Gasteiger charge is 2.19. The minimum absolute atomic E-state index is 0.112. The van der Waals surface area contributed by atoms with Crippen LogP contribution in [-0.4, -0.2) is 18.5 Å². The third-order valence-corrected chi connectivity index (χ3v) is 1.74. The van der Waals surface area contributed by atoms with Crippen LogP contribution in [0, 0.1) is 0 Å². The van der Waals surface area contributed by atoms with Crippen molar-refractivity contribution in [1.82, 2.24) is 0 Å². The molecule has 2 heteroatoms. The monoisotopic (exact) mass is 165 g/mol. The second-order valence-electron chi connectivity index (χ2n) is 2.71. The van der Waals surface area contributed by atoms with E-state index < -0.39 is 0 Å². The smallest absolute Gasteiger partial charge is 0.171 e. The third-order valence-electron chi connectivity index (χ3n) is 1.74. The van der Waals surface area contributed by atoms with E-state index in [2.05, 4.69) is 24.1 Å². The quantitative estimate of drug-likeness (QED) is 0.588. The van der Waals surface area contributed by atoms with E-state index in [1.165, 1.54) is 6.40 Å². The van der Waals surface area contributed by atoms with Crippen LogP contribution in [0.1, 0.15) is 20.3 Å². The molecule has 0 amide bonds. The highest BCUT2D eigenvalue weighted by molar-refractivity contribution is 5.51. The first-order valence-corrected chi connectivity index (χ1v) is 4.35. The molecule has 0 aromatic carbocycles. The van der Waals surface area contributed by atoms with Crippen LogP contribution in [0.3, 0.4) is 0 Å². The summed E-state index contributed by atoms with van der Waals surface area (Å²) >= 11 is 0. The lowest BCUT2D eigenvalue weighted by Gasteiger charge is -2.08. The molecule has 66 valence electrons. The van der Waals surface area contributed by atoms with Gasteiger partial charge in [-0.2, -0.15) is 0 Å². The summed E-state index contributed by atoms with van der Waals surface area (Å²) in [6.45, 7) is 4.10. The number of nitrogens with zero attached hydrogens (tertiary/aromatic N) is 1. The maximum Gasteiger partial charge on any atom is 0.171 e. The lowest BCUT2D eigenvalue weighted by Crippen LogP contribution is -2.16. The van der Waals surface area contributed by atoms with Crippen molar-refractivity contribution < 1.29 is 4.74 Å². The fourth-order valence-electron chi connectivity index (χ4n) is 1.13. The molecule has 1 rings (SSSR count). The van der Waals surface area contributed by atoms with Crippen LogP contribution in [0.2, 0.25) is 0 Å². The molecule has 1 aliphatic rings. The predicted molar refractivity (Wildman–Crippen MR) is 51.4 cm³/mol. The Balaban J connectivity index is 2.50. The molecule has 0 aliphatic carbocycles. The van der Waals surface area contributed by atoms with E-state index in [1.807, 2.05) is 19.1 Å². The minimum atomic E-state index is 0.112. The topological polar surface area (TPSA) is 21.6 Å². The molecule has 2 unspecified atom stereocenters. The molecule has 1 aliphatic heterocycles. The maximum atomic E-state index is 5.29. The predicted octanol–water partition coefficient (Wildman–Crippen LogP) is 2.32. The van der Waals surface area contributed by atoms with Crippen LogP contribution in [0.15, 0.2) is 29.3 Å². The highest BCUT2D eigenvalue weighted by atomic mass is 16.5. The van der Waals surface area contributed by atoms with Crippen molar-refractivity contribution in [3.8, 4) is 0 Å². The summed E-state index contributed by atoms with van der Waals surface area (Å²) in [4.78, 5) is 4.17. The van der Waals surface area contributed by atoms with Crippen molar-refractivity contribution >= 4 is 6.40 Å². The molecular formula is C10H15NO. The van der Waals surface area contributed by atoms with E-state index >= 15 is 0 Å². The number of ether oxygens (including phenoxy) is 1. The van der Waals surface area contributed by atoms with E-state index in [0.717, 1.165) is 6.42 Å². The first kappa shape index (κ1) is 9.04. The van der Waals surface area contributed by atoms with Crippen molar-refractivity contribution in [2.45, 2.75) is 32.4 Å². The molecule has 0 radical (unpaired) electrons. The van der Waals surface area contributed by atoms with Gasteiger partial charge < -0.3 is 4.74 Å². The number of hydrogen-bond donors (Lipinski definition) is 0. The number of hydrogen-bond acceptors (Lipinski definition) is 2. The summed E-state index contributed by atoms with van der Waals surface area (Å²) < 4.78 is 5.29. The van der Waals surface area contributed by atoms with Crippen molar-refractivity contribution in [2.24, 2.45) is 4.99 Å². The molecule has 2 nitrogen and oxygen atoms in total. The molecule has 0 fully saturated rings. The summed E-state index contributed by atoms with van der Waals surface area (Å²) in [5.41, 5.74) is 0. The molecule has 0 N–H and O–H groups in total. The zero-order chi connectivity index (χ0) is 8.81. The van der Waals surface area contributed by atoms with Gasteiger partial charge in [0.15, 0.2) is 6.40 Å². The Hall–Kier alpha value is -1.05. The SMILES string of the molecule is C/C=C\C1N=COC1/C=C\CC. The fraction of sp³-hybridized carbons (Fsp3) is 0.500. The first-order valence-electron chi connectivity index (χ1n) is 4.35. The van der Waals surface area contributed by atoms with Gasteiger partial charge in [-0.15, -0.1) is 0 Å². The summed E-state index contributed by atoms with van der Waals surface area (Å²) in [7, 11) is 0. The second kappa shape index (κ2) is 4.75. The van der Waals surface area contributed by atoms with Gasteiger partial charge in [0.05, 0.1) is 0 Å². The molecular weight excluding hydrogens is 150 g/mol. The number of rotatable bonds is 3. The van der Waals surface area contributed by atoms with E-state index in [0.29, 0.717) is 0 Å². The van der Waals surface area contributed by atoms with Gasteiger partial charge in [-0.1, -0.05) is 25.2 Å². The Morgan fingerprint density at radius 2 is 2.33 bits per heavy atom. The van der Waals surface area contributed by atoms with E-state index in [-0.39, 0.29) is 12.1 Å². The van der Waals surface area contributed by atoms with Crippen LogP contribution in [0.4, 0.5) is 0 Å². The number of allylic oxidation sites excluding steroid dienone is 2. The Morgan fingerprint density at radius 3 is 3.00 bits per heavy atom. The molecule has 0 aromatic rings. The van der Waals surface area contributed by atoms with E-state index in [1.54, 1.807) is 0 Å². The molecule has 1 heterocycles. The summed E-state index contributed by atoms with van der Waals surface area (Å²) in [5.74, 6) is 0. The van der Waals surface area contributed by atoms with Crippen molar-refractivity contribution in [1.29, 1.82) is 0 Å². The lowest BCUT2D eigenvalue weighted by atomic mass is 10.1. The molecule has 0 spiro atoms. The zero-order valence-electron chi connectivity index (χ0n) is 7.60. The van der Waals surface area contributed by atoms with Crippen LogP contribution >= 0.6 is 0 Å². The molecule has 0 aromatic heterocycles.